The van der Waals surface area contributed by atoms with Gasteiger partial charge in [0, 0.05) is 12.1 Å². The van der Waals surface area contributed by atoms with E-state index in [1.165, 1.54) is 0 Å². The van der Waals surface area contributed by atoms with Crippen LogP contribution in [0.4, 0.5) is 0 Å². The summed E-state index contributed by atoms with van der Waals surface area (Å²) in [5.41, 5.74) is 5.78. The van der Waals surface area contributed by atoms with Gasteiger partial charge in [0.25, 0.3) is 0 Å². The van der Waals surface area contributed by atoms with Crippen LogP contribution in [0.5, 0.6) is 0 Å². The van der Waals surface area contributed by atoms with E-state index in [0.29, 0.717) is 5.57 Å². The van der Waals surface area contributed by atoms with Crippen LogP contribution >= 0.6 is 0 Å². The molecule has 2 N–H and O–H groups in total. The summed E-state index contributed by atoms with van der Waals surface area (Å²) in [6, 6.07) is 1.96. The summed E-state index contributed by atoms with van der Waals surface area (Å²) in [6.45, 7) is 3.77. The van der Waals surface area contributed by atoms with Gasteiger partial charge in [-0.1, -0.05) is 24.8 Å². The van der Waals surface area contributed by atoms with Crippen LogP contribution in [0.3, 0.4) is 0 Å². The average molecular weight is 134 g/mol. The van der Waals surface area contributed by atoms with Crippen LogP contribution in [-0.2, 0) is 0 Å². The van der Waals surface area contributed by atoms with E-state index in [-0.39, 0.29) is 6.54 Å². The molecule has 0 atom stereocenters. The number of hydrogen-bond acceptors (Lipinski definition) is 2. The van der Waals surface area contributed by atoms with E-state index in [0.717, 1.165) is 0 Å². The van der Waals surface area contributed by atoms with Crippen molar-refractivity contribution in [1.29, 1.82) is 5.26 Å². The fourth-order valence-electron chi connectivity index (χ4n) is 0.401. The van der Waals surface area contributed by atoms with Crippen LogP contribution in [-0.4, -0.2) is 6.54 Å². The van der Waals surface area contributed by atoms with Crippen LogP contribution < -0.4 is 5.73 Å². The van der Waals surface area contributed by atoms with Crippen molar-refractivity contribution < 1.29 is 0 Å². The Kier molecular flexibility index (Phi) is 5.03. The molecule has 2 heteroatoms. The molecule has 0 aromatic rings. The van der Waals surface area contributed by atoms with Crippen LogP contribution in [0.1, 0.15) is 0 Å². The highest BCUT2D eigenvalue weighted by Gasteiger charge is 1.84. The second-order valence-electron chi connectivity index (χ2n) is 1.63. The monoisotopic (exact) mass is 134 g/mol. The second kappa shape index (κ2) is 5.80. The maximum atomic E-state index is 8.37. The number of hydrogen-bond donors (Lipinski definition) is 1. The Balaban J connectivity index is 4.01. The van der Waals surface area contributed by atoms with Crippen LogP contribution in [0.15, 0.2) is 36.5 Å². The lowest BCUT2D eigenvalue weighted by molar-refractivity contribution is 1.19. The van der Waals surface area contributed by atoms with Crippen molar-refractivity contribution in [2.24, 2.45) is 5.73 Å². The first kappa shape index (κ1) is 8.67. The largest absolute Gasteiger partial charge is 0.326 e. The maximum absolute atomic E-state index is 8.37. The van der Waals surface area contributed by atoms with Gasteiger partial charge in [0.1, 0.15) is 0 Å². The maximum Gasteiger partial charge on any atom is 0.0960 e. The zero-order valence-electron chi connectivity index (χ0n) is 5.75. The van der Waals surface area contributed by atoms with Crippen LogP contribution in [0.25, 0.3) is 0 Å². The van der Waals surface area contributed by atoms with Gasteiger partial charge in [0.05, 0.1) is 6.07 Å². The molecule has 52 valence electrons. The number of rotatable bonds is 3. The molecule has 0 rings (SSSR count). The molecule has 0 aliphatic rings. The molecule has 2 nitrogen and oxygen atoms in total. The fraction of sp³-hybridized carbons (Fsp3) is 0.125. The van der Waals surface area contributed by atoms with E-state index in [4.69, 9.17) is 11.0 Å². The summed E-state index contributed by atoms with van der Waals surface area (Å²) in [5.74, 6) is 0. The third-order valence-electron chi connectivity index (χ3n) is 0.908. The molecule has 0 heterocycles. The van der Waals surface area contributed by atoms with Crippen molar-refractivity contribution in [1.82, 2.24) is 0 Å². The zero-order valence-corrected chi connectivity index (χ0v) is 5.75. The molecule has 0 aromatic carbocycles. The summed E-state index contributed by atoms with van der Waals surface area (Å²) in [4.78, 5) is 0. The van der Waals surface area contributed by atoms with Crippen molar-refractivity contribution in [3.63, 3.8) is 0 Å². The molecule has 0 spiro atoms. The molecule has 0 amide bonds. The van der Waals surface area contributed by atoms with Gasteiger partial charge in [0.15, 0.2) is 0 Å². The van der Waals surface area contributed by atoms with Gasteiger partial charge < -0.3 is 5.73 Å². The molecule has 0 aliphatic carbocycles. The van der Waals surface area contributed by atoms with Gasteiger partial charge in [-0.15, -0.1) is 0 Å². The van der Waals surface area contributed by atoms with Crippen molar-refractivity contribution >= 4 is 0 Å². The molecule has 0 unspecified atom stereocenters. The Labute approximate surface area is 61.0 Å². The minimum atomic E-state index is 0.290. The number of allylic oxidation sites excluding steroid dienone is 4. The summed E-state index contributed by atoms with van der Waals surface area (Å²) >= 11 is 0. The summed E-state index contributed by atoms with van der Waals surface area (Å²) in [7, 11) is 0. The Morgan fingerprint density at radius 1 is 1.60 bits per heavy atom. The van der Waals surface area contributed by atoms with E-state index in [1.807, 2.05) is 6.07 Å². The van der Waals surface area contributed by atoms with Gasteiger partial charge in [-0.2, -0.15) is 5.26 Å². The van der Waals surface area contributed by atoms with Gasteiger partial charge in [0.2, 0.25) is 0 Å². The van der Waals surface area contributed by atoms with Crippen molar-refractivity contribution in [3.8, 4) is 6.07 Å². The van der Waals surface area contributed by atoms with Crippen molar-refractivity contribution in [2.75, 3.05) is 6.54 Å². The predicted molar refractivity (Wildman–Crippen MR) is 42.1 cm³/mol. The Morgan fingerprint density at radius 2 is 2.30 bits per heavy atom. The van der Waals surface area contributed by atoms with Gasteiger partial charge >= 0.3 is 0 Å². The standard InChI is InChI=1S/C8H10N2/c1-2-3-4-5-8(6-9)7-10/h2-5H,1,6,9H2/b4-3-,8-5+. The molecule has 0 saturated heterocycles. The summed E-state index contributed by atoms with van der Waals surface area (Å²) < 4.78 is 0. The fourth-order valence-corrected chi connectivity index (χ4v) is 0.401. The van der Waals surface area contributed by atoms with Gasteiger partial charge in [-0.3, -0.25) is 0 Å². The zero-order chi connectivity index (χ0) is 7.82. The Morgan fingerprint density at radius 3 is 2.70 bits per heavy atom. The first-order valence-electron chi connectivity index (χ1n) is 2.93. The minimum absolute atomic E-state index is 0.290. The van der Waals surface area contributed by atoms with E-state index in [9.17, 15) is 0 Å². The predicted octanol–water partition coefficient (Wildman–Crippen LogP) is 1.14. The lowest BCUT2D eigenvalue weighted by Gasteiger charge is -1.84. The highest BCUT2D eigenvalue weighted by Crippen LogP contribution is 1.88. The van der Waals surface area contributed by atoms with Gasteiger partial charge in [-0.05, 0) is 6.08 Å². The normalized spacial score (nSPS) is 11.4. The number of nitrogens with two attached hydrogens (primary N) is 1. The molecule has 0 aliphatic heterocycles. The van der Waals surface area contributed by atoms with E-state index < -0.39 is 0 Å². The van der Waals surface area contributed by atoms with Crippen LogP contribution in [0.2, 0.25) is 0 Å². The van der Waals surface area contributed by atoms with Gasteiger partial charge in [-0.25, -0.2) is 0 Å². The Bertz CT molecular complexity index is 194. The molecule has 10 heavy (non-hydrogen) atoms. The molecule has 0 saturated carbocycles. The van der Waals surface area contributed by atoms with Crippen molar-refractivity contribution in [3.05, 3.63) is 36.5 Å². The second-order valence-corrected chi connectivity index (χ2v) is 1.63. The molecule has 0 radical (unpaired) electrons. The summed E-state index contributed by atoms with van der Waals surface area (Å²) in [6.07, 6.45) is 6.79. The average Bonchev–Trinajstić information content (AvgIpc) is 1.99. The lowest BCUT2D eigenvalue weighted by Crippen LogP contribution is -2.00. The first-order chi connectivity index (χ1) is 4.85. The smallest absolute Gasteiger partial charge is 0.0960 e. The molecular weight excluding hydrogens is 124 g/mol. The first-order valence-corrected chi connectivity index (χ1v) is 2.93. The molecule has 0 fully saturated rings. The molecular formula is C8H10N2. The topological polar surface area (TPSA) is 49.8 Å². The quantitative estimate of drug-likeness (QED) is 0.464. The lowest BCUT2D eigenvalue weighted by atomic mass is 10.2. The van der Waals surface area contributed by atoms with E-state index in [1.54, 1.807) is 24.3 Å². The minimum Gasteiger partial charge on any atom is -0.326 e. The van der Waals surface area contributed by atoms with Crippen molar-refractivity contribution in [2.45, 2.75) is 0 Å². The Hall–Kier alpha value is -1.33. The molecule has 0 bridgehead atoms. The number of nitriles is 1. The SMILES string of the molecule is C=C/C=C\C=C(\C#N)CN. The highest BCUT2D eigenvalue weighted by molar-refractivity contribution is 5.27. The number of nitrogens with zero attached hydrogens (tertiary/aromatic N) is 1. The summed E-state index contributed by atoms with van der Waals surface area (Å²) in [5, 5.41) is 8.37. The molecule has 0 aromatic heterocycles. The third-order valence-corrected chi connectivity index (χ3v) is 0.908. The highest BCUT2D eigenvalue weighted by atomic mass is 14.5. The third kappa shape index (κ3) is 3.65. The van der Waals surface area contributed by atoms with E-state index >= 15 is 0 Å². The van der Waals surface area contributed by atoms with E-state index in [2.05, 4.69) is 6.58 Å². The van der Waals surface area contributed by atoms with Crippen LogP contribution in [0, 0.1) is 11.3 Å².